The van der Waals surface area contributed by atoms with E-state index in [1.807, 2.05) is 40.1 Å². The number of carbonyl (C=O) groups is 2. The topological polar surface area (TPSA) is 53.8 Å². The summed E-state index contributed by atoms with van der Waals surface area (Å²) in [5, 5.41) is 0. The average molecular weight is 310 g/mol. The smallest absolute Gasteiger partial charge is 0.289 e. The lowest BCUT2D eigenvalue weighted by molar-refractivity contribution is -0.120. The Balaban J connectivity index is 1.62. The molecule has 2 saturated heterocycles. The molecule has 2 fully saturated rings. The molecule has 0 aliphatic carbocycles. The van der Waals surface area contributed by atoms with Gasteiger partial charge in [-0.25, -0.2) is 0 Å². The summed E-state index contributed by atoms with van der Waals surface area (Å²) in [4.78, 5) is 28.8. The fourth-order valence-corrected chi connectivity index (χ4v) is 3.78. The first kappa shape index (κ1) is 14.1. The van der Waals surface area contributed by atoms with Gasteiger partial charge in [-0.1, -0.05) is 18.2 Å². The van der Waals surface area contributed by atoms with Gasteiger partial charge in [-0.3, -0.25) is 9.59 Å². The van der Waals surface area contributed by atoms with Crippen molar-refractivity contribution in [2.75, 3.05) is 11.4 Å². The Bertz CT molecular complexity index is 711. The molecule has 23 heavy (non-hydrogen) atoms. The van der Waals surface area contributed by atoms with Crippen molar-refractivity contribution in [2.45, 2.75) is 31.3 Å². The van der Waals surface area contributed by atoms with Gasteiger partial charge < -0.3 is 14.2 Å². The van der Waals surface area contributed by atoms with Crippen LogP contribution in [0, 0.1) is 0 Å². The average Bonchev–Trinajstić information content (AvgIpc) is 3.24. The number of carbonyl (C=O) groups excluding carboxylic acids is 2. The van der Waals surface area contributed by atoms with Gasteiger partial charge in [-0.05, 0) is 37.1 Å². The molecule has 2 amide bonds. The van der Waals surface area contributed by atoms with Crippen LogP contribution in [0.15, 0.2) is 53.1 Å². The second-order valence-corrected chi connectivity index (χ2v) is 6.04. The van der Waals surface area contributed by atoms with Gasteiger partial charge >= 0.3 is 0 Å². The summed E-state index contributed by atoms with van der Waals surface area (Å²) in [5.74, 6) is 0.434. The summed E-state index contributed by atoms with van der Waals surface area (Å²) in [7, 11) is 0. The molecular formula is C18H18N2O3. The summed E-state index contributed by atoms with van der Waals surface area (Å²) >= 11 is 0. The van der Waals surface area contributed by atoms with Crippen LogP contribution in [0.5, 0.6) is 0 Å². The van der Waals surface area contributed by atoms with Gasteiger partial charge in [-0.15, -0.1) is 0 Å². The number of para-hydroxylation sites is 1. The van der Waals surface area contributed by atoms with E-state index in [9.17, 15) is 9.59 Å². The zero-order valence-corrected chi connectivity index (χ0v) is 12.7. The number of anilines is 1. The summed E-state index contributed by atoms with van der Waals surface area (Å²) < 4.78 is 5.25. The van der Waals surface area contributed by atoms with Crippen LogP contribution in [-0.2, 0) is 4.79 Å². The van der Waals surface area contributed by atoms with Crippen LogP contribution in [0.2, 0.25) is 0 Å². The predicted molar refractivity (Wildman–Crippen MR) is 85.1 cm³/mol. The highest BCUT2D eigenvalue weighted by atomic mass is 16.3. The van der Waals surface area contributed by atoms with Crippen molar-refractivity contribution in [1.29, 1.82) is 0 Å². The van der Waals surface area contributed by atoms with Crippen LogP contribution >= 0.6 is 0 Å². The molecule has 0 bridgehead atoms. The van der Waals surface area contributed by atoms with Crippen molar-refractivity contribution >= 4 is 17.5 Å². The van der Waals surface area contributed by atoms with Gasteiger partial charge in [0.2, 0.25) is 5.91 Å². The molecule has 1 aromatic heterocycles. The lowest BCUT2D eigenvalue weighted by atomic mass is 9.95. The van der Waals surface area contributed by atoms with Gasteiger partial charge in [0.05, 0.1) is 18.3 Å². The van der Waals surface area contributed by atoms with Crippen LogP contribution < -0.4 is 4.90 Å². The third-order valence-electron chi connectivity index (χ3n) is 4.79. The van der Waals surface area contributed by atoms with Crippen LogP contribution in [0.1, 0.15) is 29.8 Å². The zero-order valence-electron chi connectivity index (χ0n) is 12.7. The minimum absolute atomic E-state index is 0.0533. The van der Waals surface area contributed by atoms with Crippen LogP contribution in [-0.4, -0.2) is 35.3 Å². The molecule has 5 heteroatoms. The number of benzene rings is 1. The van der Waals surface area contributed by atoms with Crippen molar-refractivity contribution in [3.8, 4) is 0 Å². The minimum atomic E-state index is -0.0788. The van der Waals surface area contributed by atoms with Gasteiger partial charge in [0.1, 0.15) is 0 Å². The molecule has 2 aromatic rings. The number of furan rings is 1. The second kappa shape index (κ2) is 5.57. The maximum absolute atomic E-state index is 12.6. The molecule has 4 rings (SSSR count). The van der Waals surface area contributed by atoms with E-state index in [4.69, 9.17) is 4.42 Å². The number of nitrogens with zero attached hydrogens (tertiary/aromatic N) is 2. The molecule has 0 spiro atoms. The van der Waals surface area contributed by atoms with Gasteiger partial charge in [-0.2, -0.15) is 0 Å². The lowest BCUT2D eigenvalue weighted by Gasteiger charge is -2.39. The van der Waals surface area contributed by atoms with Crippen molar-refractivity contribution in [3.05, 3.63) is 54.5 Å². The molecule has 0 N–H and O–H groups in total. The fourth-order valence-electron chi connectivity index (χ4n) is 3.78. The van der Waals surface area contributed by atoms with Crippen molar-refractivity contribution < 1.29 is 14.0 Å². The number of likely N-dealkylation sites (tertiary alicyclic amines) is 1. The number of amides is 2. The van der Waals surface area contributed by atoms with E-state index in [-0.39, 0.29) is 23.9 Å². The quantitative estimate of drug-likeness (QED) is 0.857. The van der Waals surface area contributed by atoms with E-state index in [1.54, 1.807) is 12.1 Å². The van der Waals surface area contributed by atoms with E-state index in [2.05, 4.69) is 0 Å². The Morgan fingerprint density at radius 1 is 1.04 bits per heavy atom. The summed E-state index contributed by atoms with van der Waals surface area (Å²) in [6, 6.07) is 13.3. The fraction of sp³-hybridized carbons (Fsp3) is 0.333. The van der Waals surface area contributed by atoms with Crippen LogP contribution in [0.3, 0.4) is 0 Å². The Labute approximate surface area is 134 Å². The molecule has 0 radical (unpaired) electrons. The molecule has 0 unspecified atom stereocenters. The first-order chi connectivity index (χ1) is 11.3. The maximum atomic E-state index is 12.6. The molecular weight excluding hydrogens is 292 g/mol. The molecule has 5 nitrogen and oxygen atoms in total. The molecule has 118 valence electrons. The normalized spacial score (nSPS) is 23.9. The highest BCUT2D eigenvalue weighted by Crippen LogP contribution is 2.35. The third kappa shape index (κ3) is 2.32. The summed E-state index contributed by atoms with van der Waals surface area (Å²) in [5.41, 5.74) is 0.916. The Morgan fingerprint density at radius 2 is 1.87 bits per heavy atom. The Kier molecular flexibility index (Phi) is 3.41. The number of hydrogen-bond donors (Lipinski definition) is 0. The molecule has 2 aliphatic heterocycles. The summed E-state index contributed by atoms with van der Waals surface area (Å²) in [6.45, 7) is 0.658. The highest BCUT2D eigenvalue weighted by Gasteiger charge is 2.45. The maximum Gasteiger partial charge on any atom is 0.289 e. The van der Waals surface area contributed by atoms with E-state index in [1.165, 1.54) is 6.26 Å². The number of rotatable bonds is 2. The van der Waals surface area contributed by atoms with E-state index in [0.29, 0.717) is 18.7 Å². The first-order valence-corrected chi connectivity index (χ1v) is 7.97. The summed E-state index contributed by atoms with van der Waals surface area (Å²) in [6.07, 6.45) is 3.51. The molecule has 2 atom stereocenters. The second-order valence-electron chi connectivity index (χ2n) is 6.04. The third-order valence-corrected chi connectivity index (χ3v) is 4.79. The van der Waals surface area contributed by atoms with Crippen molar-refractivity contribution in [1.82, 2.24) is 4.90 Å². The number of fused-ring (bicyclic) bond motifs is 1. The van der Waals surface area contributed by atoms with E-state index >= 15 is 0 Å². The Hall–Kier alpha value is -2.56. The van der Waals surface area contributed by atoms with E-state index in [0.717, 1.165) is 18.5 Å². The SMILES string of the molecule is O=C(c1ccco1)N1CC[C@H]2[C@@H]1CCC(=O)N2c1ccccc1. The van der Waals surface area contributed by atoms with Gasteiger partial charge in [0.25, 0.3) is 5.91 Å². The zero-order chi connectivity index (χ0) is 15.8. The van der Waals surface area contributed by atoms with Gasteiger partial charge in [0, 0.05) is 18.7 Å². The largest absolute Gasteiger partial charge is 0.459 e. The van der Waals surface area contributed by atoms with E-state index < -0.39 is 0 Å². The minimum Gasteiger partial charge on any atom is -0.459 e. The molecule has 2 aliphatic rings. The molecule has 1 aromatic carbocycles. The first-order valence-electron chi connectivity index (χ1n) is 7.97. The highest BCUT2D eigenvalue weighted by molar-refractivity contribution is 5.96. The van der Waals surface area contributed by atoms with Gasteiger partial charge in [0.15, 0.2) is 5.76 Å². The Morgan fingerprint density at radius 3 is 2.61 bits per heavy atom. The lowest BCUT2D eigenvalue weighted by Crippen LogP contribution is -2.53. The molecule has 0 saturated carbocycles. The number of hydrogen-bond acceptors (Lipinski definition) is 3. The van der Waals surface area contributed by atoms with Crippen LogP contribution in [0.4, 0.5) is 5.69 Å². The standard InChI is InChI=1S/C18H18N2O3/c21-17-9-8-14-15(20(17)13-5-2-1-3-6-13)10-11-19(14)18(22)16-7-4-12-23-16/h1-7,12,14-15H,8-11H2/t14-,15-/m0/s1. The predicted octanol–water partition coefficient (Wildman–Crippen LogP) is 2.69. The van der Waals surface area contributed by atoms with Crippen molar-refractivity contribution in [2.24, 2.45) is 0 Å². The monoisotopic (exact) mass is 310 g/mol. The van der Waals surface area contributed by atoms with Crippen LogP contribution in [0.25, 0.3) is 0 Å². The number of piperidine rings is 1. The van der Waals surface area contributed by atoms with Crippen molar-refractivity contribution in [3.63, 3.8) is 0 Å². The molecule has 3 heterocycles.